The third-order valence-corrected chi connectivity index (χ3v) is 6.47. The Bertz CT molecular complexity index is 1010. The maximum Gasteiger partial charge on any atom is 0.341 e. The van der Waals surface area contributed by atoms with Crippen LogP contribution in [0.5, 0.6) is 5.75 Å². The lowest BCUT2D eigenvalue weighted by molar-refractivity contribution is 0.0695. The third-order valence-electron chi connectivity index (χ3n) is 6.47. The van der Waals surface area contributed by atoms with Gasteiger partial charge in [0.05, 0.1) is 23.7 Å². The van der Waals surface area contributed by atoms with E-state index >= 15 is 0 Å². The van der Waals surface area contributed by atoms with Crippen molar-refractivity contribution in [3.8, 4) is 5.75 Å². The van der Waals surface area contributed by atoms with E-state index in [-0.39, 0.29) is 17.6 Å². The first-order chi connectivity index (χ1) is 13.9. The molecule has 1 aromatic heterocycles. The molecule has 29 heavy (non-hydrogen) atoms. The van der Waals surface area contributed by atoms with Crippen molar-refractivity contribution >= 4 is 22.6 Å². The van der Waals surface area contributed by atoms with Gasteiger partial charge in [-0.15, -0.1) is 0 Å². The van der Waals surface area contributed by atoms with Crippen molar-refractivity contribution in [2.75, 3.05) is 18.6 Å². The lowest BCUT2D eigenvalue weighted by Crippen LogP contribution is -2.31. The Morgan fingerprint density at radius 1 is 1.38 bits per heavy atom. The summed E-state index contributed by atoms with van der Waals surface area (Å²) in [5.74, 6) is -0.146. The minimum atomic E-state index is -1.19. The van der Waals surface area contributed by atoms with Gasteiger partial charge in [-0.05, 0) is 50.7 Å². The third kappa shape index (κ3) is 3.27. The fourth-order valence-electron chi connectivity index (χ4n) is 4.64. The second kappa shape index (κ2) is 7.37. The number of aromatic carboxylic acids is 1. The van der Waals surface area contributed by atoms with E-state index in [9.17, 15) is 14.7 Å². The van der Waals surface area contributed by atoms with Gasteiger partial charge in [0.1, 0.15) is 5.56 Å². The first-order valence-corrected chi connectivity index (χ1v) is 10.4. The van der Waals surface area contributed by atoms with Gasteiger partial charge in [-0.1, -0.05) is 6.92 Å². The molecule has 3 atom stereocenters. The average Bonchev–Trinajstić information content (AvgIpc) is 3.44. The number of anilines is 1. The van der Waals surface area contributed by atoms with Crippen LogP contribution >= 0.6 is 0 Å². The molecule has 3 N–H and O–H groups in total. The van der Waals surface area contributed by atoms with Gasteiger partial charge in [-0.3, -0.25) is 4.79 Å². The maximum absolute atomic E-state index is 12.8. The van der Waals surface area contributed by atoms with Crippen LogP contribution in [0.15, 0.2) is 23.1 Å². The summed E-state index contributed by atoms with van der Waals surface area (Å²) in [5, 5.41) is 9.89. The number of methoxy groups -OCH3 is 1. The number of carboxylic acids is 1. The van der Waals surface area contributed by atoms with Crippen LogP contribution < -0.4 is 20.8 Å². The lowest BCUT2D eigenvalue weighted by Gasteiger charge is -2.29. The van der Waals surface area contributed by atoms with Crippen molar-refractivity contribution < 1.29 is 14.6 Å². The second-order valence-electron chi connectivity index (χ2n) is 8.40. The molecule has 1 aliphatic carbocycles. The molecular formula is C22H29N3O4. The van der Waals surface area contributed by atoms with Crippen LogP contribution in [-0.2, 0) is 0 Å². The highest BCUT2D eigenvalue weighted by molar-refractivity contribution is 5.97. The molecule has 0 amide bonds. The van der Waals surface area contributed by atoms with Crippen LogP contribution in [0, 0.1) is 5.92 Å². The number of hydrogen-bond donors (Lipinski definition) is 2. The Labute approximate surface area is 170 Å². The molecule has 2 aliphatic rings. The smallest absolute Gasteiger partial charge is 0.341 e. The zero-order chi connectivity index (χ0) is 20.9. The number of rotatable bonds is 6. The maximum atomic E-state index is 12.8. The SMILES string of the molecule is CCC1C[C@@H]([C@H](C)N)CN1c1ccc2c(=O)c(C(=O)O)cn(C3CC3)c2c1OC. The topological polar surface area (TPSA) is 97.8 Å². The van der Waals surface area contributed by atoms with Crippen molar-refractivity contribution in [2.45, 2.75) is 57.7 Å². The van der Waals surface area contributed by atoms with E-state index in [0.29, 0.717) is 28.6 Å². The van der Waals surface area contributed by atoms with Crippen LogP contribution in [-0.4, -0.2) is 41.4 Å². The summed E-state index contributed by atoms with van der Waals surface area (Å²) in [6, 6.07) is 4.34. The van der Waals surface area contributed by atoms with E-state index in [1.807, 2.05) is 10.6 Å². The molecule has 2 fully saturated rings. The van der Waals surface area contributed by atoms with Gasteiger partial charge in [-0.25, -0.2) is 4.79 Å². The molecule has 0 spiro atoms. The molecule has 7 heteroatoms. The van der Waals surface area contributed by atoms with Gasteiger partial charge in [0.25, 0.3) is 0 Å². The summed E-state index contributed by atoms with van der Waals surface area (Å²) in [7, 11) is 1.62. The summed E-state index contributed by atoms with van der Waals surface area (Å²) in [6.07, 6.45) is 5.46. The minimum absolute atomic E-state index is 0.114. The molecule has 1 aliphatic heterocycles. The second-order valence-corrected chi connectivity index (χ2v) is 8.40. The molecular weight excluding hydrogens is 370 g/mol. The fraction of sp³-hybridized carbons (Fsp3) is 0.545. The predicted molar refractivity (Wildman–Crippen MR) is 113 cm³/mol. The molecule has 7 nitrogen and oxygen atoms in total. The number of ether oxygens (including phenoxy) is 1. The molecule has 1 saturated heterocycles. The van der Waals surface area contributed by atoms with Crippen LogP contribution in [0.4, 0.5) is 5.69 Å². The molecule has 2 aromatic rings. The van der Waals surface area contributed by atoms with Gasteiger partial charge < -0.3 is 25.0 Å². The normalized spacial score (nSPS) is 22.8. The lowest BCUT2D eigenvalue weighted by atomic mass is 9.98. The highest BCUT2D eigenvalue weighted by Crippen LogP contribution is 2.44. The van der Waals surface area contributed by atoms with Gasteiger partial charge >= 0.3 is 5.97 Å². The molecule has 1 aromatic carbocycles. The van der Waals surface area contributed by atoms with Crippen molar-refractivity contribution in [1.82, 2.24) is 4.57 Å². The first-order valence-electron chi connectivity index (χ1n) is 10.4. The van der Waals surface area contributed by atoms with Crippen molar-refractivity contribution in [3.63, 3.8) is 0 Å². The number of carbonyl (C=O) groups is 1. The highest BCUT2D eigenvalue weighted by Gasteiger charge is 2.36. The van der Waals surface area contributed by atoms with Gasteiger partial charge in [0, 0.05) is 30.9 Å². The fourth-order valence-corrected chi connectivity index (χ4v) is 4.64. The average molecular weight is 399 g/mol. The Balaban J connectivity index is 1.93. The minimum Gasteiger partial charge on any atom is -0.492 e. The standard InChI is InChI=1S/C22H29N3O4/c1-4-14-9-13(12(2)23)10-24(14)18-8-7-16-19(21(18)29-3)25(15-5-6-15)11-17(20(16)26)22(27)28/h7-8,11-15H,4-6,9-10,23H2,1-3H3,(H,27,28)/t12-,13+,14?/m0/s1. The molecule has 4 rings (SSSR count). The molecule has 1 unspecified atom stereocenters. The van der Waals surface area contributed by atoms with Crippen molar-refractivity contribution in [1.29, 1.82) is 0 Å². The number of aromatic nitrogens is 1. The summed E-state index contributed by atoms with van der Waals surface area (Å²) in [4.78, 5) is 26.8. The Kier molecular flexibility index (Phi) is 5.02. The Morgan fingerprint density at radius 3 is 2.66 bits per heavy atom. The van der Waals surface area contributed by atoms with E-state index < -0.39 is 11.4 Å². The Morgan fingerprint density at radius 2 is 2.10 bits per heavy atom. The van der Waals surface area contributed by atoms with Crippen LogP contribution in [0.1, 0.15) is 55.9 Å². The monoisotopic (exact) mass is 399 g/mol. The van der Waals surface area contributed by atoms with Crippen molar-refractivity contribution in [2.24, 2.45) is 11.7 Å². The van der Waals surface area contributed by atoms with E-state index in [2.05, 4.69) is 18.7 Å². The summed E-state index contributed by atoms with van der Waals surface area (Å²) in [6.45, 7) is 5.07. The van der Waals surface area contributed by atoms with Gasteiger partial charge in [-0.2, -0.15) is 0 Å². The number of pyridine rings is 1. The van der Waals surface area contributed by atoms with Crippen LogP contribution in [0.2, 0.25) is 0 Å². The van der Waals surface area contributed by atoms with Crippen LogP contribution in [0.25, 0.3) is 10.9 Å². The molecule has 1 saturated carbocycles. The summed E-state index contributed by atoms with van der Waals surface area (Å²) >= 11 is 0. The molecule has 0 bridgehead atoms. The number of benzene rings is 1. The summed E-state index contributed by atoms with van der Waals surface area (Å²) in [5.41, 5.74) is 7.19. The van der Waals surface area contributed by atoms with E-state index in [4.69, 9.17) is 10.5 Å². The Hall–Kier alpha value is -2.54. The van der Waals surface area contributed by atoms with Crippen LogP contribution in [0.3, 0.4) is 0 Å². The first kappa shape index (κ1) is 19.8. The van der Waals surface area contributed by atoms with E-state index in [0.717, 1.165) is 37.9 Å². The number of fused-ring (bicyclic) bond motifs is 1. The number of nitrogens with two attached hydrogens (primary N) is 1. The number of hydrogen-bond acceptors (Lipinski definition) is 5. The van der Waals surface area contributed by atoms with Gasteiger partial charge in [0.15, 0.2) is 5.75 Å². The zero-order valence-electron chi connectivity index (χ0n) is 17.2. The van der Waals surface area contributed by atoms with E-state index in [1.165, 1.54) is 6.20 Å². The van der Waals surface area contributed by atoms with Crippen molar-refractivity contribution in [3.05, 3.63) is 34.1 Å². The quantitative estimate of drug-likeness (QED) is 0.775. The molecule has 156 valence electrons. The van der Waals surface area contributed by atoms with E-state index in [1.54, 1.807) is 13.2 Å². The highest BCUT2D eigenvalue weighted by atomic mass is 16.5. The van der Waals surface area contributed by atoms with Gasteiger partial charge in [0.2, 0.25) is 5.43 Å². The number of nitrogens with zero attached hydrogens (tertiary/aromatic N) is 2. The molecule has 0 radical (unpaired) electrons. The zero-order valence-corrected chi connectivity index (χ0v) is 17.2. The summed E-state index contributed by atoms with van der Waals surface area (Å²) < 4.78 is 7.79. The largest absolute Gasteiger partial charge is 0.492 e. The molecule has 2 heterocycles. The predicted octanol–water partition coefficient (Wildman–Crippen LogP) is 3.00. The number of carboxylic acid groups (broad SMARTS) is 1.